The third kappa shape index (κ3) is 5.62. The van der Waals surface area contributed by atoms with E-state index in [-0.39, 0.29) is 13.2 Å². The summed E-state index contributed by atoms with van der Waals surface area (Å²) in [6.07, 6.45) is 6.42. The Morgan fingerprint density at radius 1 is 1.30 bits per heavy atom. The van der Waals surface area contributed by atoms with Crippen molar-refractivity contribution in [3.63, 3.8) is 0 Å². The number of benzene rings is 1. The van der Waals surface area contributed by atoms with E-state index < -0.39 is 6.09 Å². The van der Waals surface area contributed by atoms with Gasteiger partial charge in [0.1, 0.15) is 12.4 Å². The zero-order chi connectivity index (χ0) is 21.2. The maximum Gasteiger partial charge on any atom is 0.412 e. The molecular weight excluding hydrogens is 386 g/mol. The Kier molecular flexibility index (Phi) is 7.05. The smallest absolute Gasteiger partial charge is 0.412 e. The first kappa shape index (κ1) is 20.5. The molecule has 0 atom stereocenters. The van der Waals surface area contributed by atoms with Gasteiger partial charge in [-0.3, -0.25) is 5.32 Å². The van der Waals surface area contributed by atoms with Crippen molar-refractivity contribution in [2.45, 2.75) is 13.0 Å². The van der Waals surface area contributed by atoms with Crippen LogP contribution < -0.4 is 5.32 Å². The number of nitrogens with zero attached hydrogens (tertiary/aromatic N) is 6. The van der Waals surface area contributed by atoms with E-state index >= 15 is 0 Å². The molecule has 0 aliphatic heterocycles. The summed E-state index contributed by atoms with van der Waals surface area (Å²) < 4.78 is 6.50. The van der Waals surface area contributed by atoms with Gasteiger partial charge in [-0.05, 0) is 22.6 Å². The number of tetrazole rings is 1. The third-order valence-corrected chi connectivity index (χ3v) is 3.82. The van der Waals surface area contributed by atoms with E-state index in [1.54, 1.807) is 36.1 Å². The van der Waals surface area contributed by atoms with E-state index in [0.29, 0.717) is 23.8 Å². The molecule has 0 spiro atoms. The minimum Gasteiger partial charge on any atom is -0.448 e. The van der Waals surface area contributed by atoms with E-state index in [4.69, 9.17) is 16.0 Å². The molecule has 0 aliphatic carbocycles. The van der Waals surface area contributed by atoms with Crippen LogP contribution in [0.15, 0.2) is 47.6 Å². The minimum absolute atomic E-state index is 0.117. The summed E-state index contributed by atoms with van der Waals surface area (Å²) in [5.41, 5.74) is 2.21. The predicted molar refractivity (Wildman–Crippen MR) is 109 cm³/mol. The van der Waals surface area contributed by atoms with Crippen molar-refractivity contribution in [3.05, 3.63) is 53.7 Å². The number of ether oxygens (including phenoxy) is 1. The number of hydrogen-bond acceptors (Lipinski definition) is 8. The van der Waals surface area contributed by atoms with Crippen LogP contribution in [-0.2, 0) is 23.2 Å². The molecule has 10 nitrogen and oxygen atoms in total. The maximum atomic E-state index is 11.7. The normalized spacial score (nSPS) is 10.5. The van der Waals surface area contributed by atoms with Gasteiger partial charge in [0.25, 0.3) is 0 Å². The van der Waals surface area contributed by atoms with Crippen LogP contribution in [0.2, 0.25) is 0 Å². The van der Waals surface area contributed by atoms with Gasteiger partial charge in [-0.25, -0.2) is 14.5 Å². The fourth-order valence-electron chi connectivity index (χ4n) is 2.44. The molecule has 0 unspecified atom stereocenters. The van der Waals surface area contributed by atoms with Crippen molar-refractivity contribution in [3.8, 4) is 23.7 Å². The fourth-order valence-corrected chi connectivity index (χ4v) is 2.44. The van der Waals surface area contributed by atoms with Crippen molar-refractivity contribution in [2.24, 2.45) is 12.2 Å². The maximum absolute atomic E-state index is 11.7. The molecule has 0 fully saturated rings. The van der Waals surface area contributed by atoms with Crippen LogP contribution in [0, 0.1) is 12.3 Å². The van der Waals surface area contributed by atoms with Crippen molar-refractivity contribution < 1.29 is 14.4 Å². The minimum atomic E-state index is -0.622. The van der Waals surface area contributed by atoms with Gasteiger partial charge in [0, 0.05) is 24.6 Å². The SMILES string of the molecule is C#CCCOC(=O)Nc1cccc(CO/N=C\c2ccccc2-c2nnnn2C)n1. The largest absolute Gasteiger partial charge is 0.448 e. The Labute approximate surface area is 172 Å². The van der Waals surface area contributed by atoms with Gasteiger partial charge >= 0.3 is 6.09 Å². The molecule has 0 aliphatic rings. The van der Waals surface area contributed by atoms with Gasteiger partial charge in [0.15, 0.2) is 12.4 Å². The van der Waals surface area contributed by atoms with Gasteiger partial charge in [-0.15, -0.1) is 17.4 Å². The molecule has 2 heterocycles. The number of hydrogen-bond donors (Lipinski definition) is 1. The summed E-state index contributed by atoms with van der Waals surface area (Å²) in [7, 11) is 1.76. The first-order valence-corrected chi connectivity index (χ1v) is 8.97. The molecule has 3 aromatic rings. The predicted octanol–water partition coefficient (Wildman–Crippen LogP) is 2.39. The van der Waals surface area contributed by atoms with Gasteiger partial charge in [0.2, 0.25) is 0 Å². The molecule has 0 saturated carbocycles. The summed E-state index contributed by atoms with van der Waals surface area (Å²) in [6, 6.07) is 12.7. The Morgan fingerprint density at radius 3 is 2.97 bits per heavy atom. The number of carbonyl (C=O) groups excluding carboxylic acids is 1. The zero-order valence-electron chi connectivity index (χ0n) is 16.2. The molecule has 0 saturated heterocycles. The van der Waals surface area contributed by atoms with Crippen LogP contribution in [0.25, 0.3) is 11.4 Å². The summed E-state index contributed by atoms with van der Waals surface area (Å²) >= 11 is 0. The highest BCUT2D eigenvalue weighted by molar-refractivity contribution is 5.88. The van der Waals surface area contributed by atoms with E-state index in [2.05, 4.69) is 36.9 Å². The molecule has 152 valence electrons. The molecule has 0 bridgehead atoms. The summed E-state index contributed by atoms with van der Waals surface area (Å²) in [6.45, 7) is 0.261. The van der Waals surface area contributed by atoms with Crippen molar-refractivity contribution in [1.82, 2.24) is 25.2 Å². The summed E-state index contributed by atoms with van der Waals surface area (Å²) in [5, 5.41) is 18.0. The van der Waals surface area contributed by atoms with Crippen LogP contribution in [-0.4, -0.2) is 44.1 Å². The lowest BCUT2D eigenvalue weighted by molar-refractivity contribution is 0.129. The lowest BCUT2D eigenvalue weighted by Gasteiger charge is -2.06. The van der Waals surface area contributed by atoms with Crippen LogP contribution in [0.4, 0.5) is 10.6 Å². The second-order valence-electron chi connectivity index (χ2n) is 5.95. The van der Waals surface area contributed by atoms with Gasteiger partial charge in [-0.2, -0.15) is 0 Å². The van der Waals surface area contributed by atoms with Crippen LogP contribution >= 0.6 is 0 Å². The molecule has 1 aromatic carbocycles. The number of rotatable bonds is 8. The number of anilines is 1. The molecule has 3 rings (SSSR count). The average Bonchev–Trinajstić information content (AvgIpc) is 3.18. The van der Waals surface area contributed by atoms with E-state index in [1.165, 1.54) is 0 Å². The highest BCUT2D eigenvalue weighted by Crippen LogP contribution is 2.18. The van der Waals surface area contributed by atoms with Gasteiger partial charge in [-0.1, -0.05) is 35.5 Å². The number of pyridine rings is 1. The second kappa shape index (κ2) is 10.3. The Morgan fingerprint density at radius 2 is 2.17 bits per heavy atom. The number of aromatic nitrogens is 5. The Hall–Kier alpha value is -4.26. The van der Waals surface area contributed by atoms with E-state index in [9.17, 15) is 4.79 Å². The number of nitrogens with one attached hydrogen (secondary N) is 1. The van der Waals surface area contributed by atoms with Crippen molar-refractivity contribution in [1.29, 1.82) is 0 Å². The van der Waals surface area contributed by atoms with E-state index in [0.717, 1.165) is 11.1 Å². The second-order valence-corrected chi connectivity index (χ2v) is 5.95. The monoisotopic (exact) mass is 405 g/mol. The molecule has 30 heavy (non-hydrogen) atoms. The topological polar surface area (TPSA) is 116 Å². The van der Waals surface area contributed by atoms with Crippen molar-refractivity contribution in [2.75, 3.05) is 11.9 Å². The number of oxime groups is 1. The first-order chi connectivity index (χ1) is 14.7. The number of amides is 1. The number of terminal acetylenes is 1. The Bertz CT molecular complexity index is 1070. The third-order valence-electron chi connectivity index (χ3n) is 3.82. The quantitative estimate of drug-likeness (QED) is 0.265. The molecule has 10 heteroatoms. The summed E-state index contributed by atoms with van der Waals surface area (Å²) in [4.78, 5) is 21.3. The summed E-state index contributed by atoms with van der Waals surface area (Å²) in [5.74, 6) is 3.35. The first-order valence-electron chi connectivity index (χ1n) is 8.97. The molecular formula is C20H19N7O3. The lowest BCUT2D eigenvalue weighted by atomic mass is 10.1. The molecule has 2 aromatic heterocycles. The van der Waals surface area contributed by atoms with E-state index in [1.807, 2.05) is 24.3 Å². The highest BCUT2D eigenvalue weighted by atomic mass is 16.6. The highest BCUT2D eigenvalue weighted by Gasteiger charge is 2.09. The Balaban J connectivity index is 1.57. The zero-order valence-corrected chi connectivity index (χ0v) is 16.2. The number of aryl methyl sites for hydroxylation is 1. The van der Waals surface area contributed by atoms with Crippen molar-refractivity contribution >= 4 is 18.1 Å². The van der Waals surface area contributed by atoms with Crippen LogP contribution in [0.3, 0.4) is 0 Å². The van der Waals surface area contributed by atoms with Gasteiger partial charge in [0.05, 0.1) is 11.9 Å². The molecule has 0 radical (unpaired) electrons. The van der Waals surface area contributed by atoms with Crippen LogP contribution in [0.1, 0.15) is 17.7 Å². The fraction of sp³-hybridized carbons (Fsp3) is 0.200. The standard InChI is InChI=1S/C20H19N7O3/c1-3-4-12-29-20(28)23-18-11-7-9-16(22-18)14-30-21-13-15-8-5-6-10-17(15)19-24-25-26-27(19)2/h1,5-11,13H,4,12,14H2,2H3,(H,22,23,28)/b21-13-. The number of carbonyl (C=O) groups is 1. The lowest BCUT2D eigenvalue weighted by Crippen LogP contribution is -2.15. The van der Waals surface area contributed by atoms with Gasteiger partial charge < -0.3 is 9.57 Å². The molecule has 1 N–H and O–H groups in total. The molecule has 1 amide bonds. The average molecular weight is 405 g/mol. The van der Waals surface area contributed by atoms with Crippen LogP contribution in [0.5, 0.6) is 0 Å².